The summed E-state index contributed by atoms with van der Waals surface area (Å²) in [5.74, 6) is 0.778. The number of hydrogen-bond donors (Lipinski definition) is 2. The smallest absolute Gasteiger partial charge is 0.232 e. The monoisotopic (exact) mass is 294 g/mol. The lowest BCUT2D eigenvalue weighted by Gasteiger charge is -2.19. The number of rotatable bonds is 6. The van der Waals surface area contributed by atoms with Gasteiger partial charge in [0.15, 0.2) is 0 Å². The lowest BCUT2D eigenvalue weighted by molar-refractivity contribution is 0.504. The summed E-state index contributed by atoms with van der Waals surface area (Å²) < 4.78 is 25.4. The van der Waals surface area contributed by atoms with Crippen molar-refractivity contribution >= 4 is 21.4 Å². The molecule has 5 heteroatoms. The second-order valence-corrected chi connectivity index (χ2v) is 7.13. The van der Waals surface area contributed by atoms with Crippen LogP contribution in [0.2, 0.25) is 0 Å². The highest BCUT2D eigenvalue weighted by atomic mass is 32.2. The van der Waals surface area contributed by atoms with Crippen molar-refractivity contribution in [1.29, 1.82) is 0 Å². The SMILES string of the molecule is CCS(=O)(=O)Nc1ccc(NCC2CC=CCC2)cc1. The Balaban J connectivity index is 1.86. The number of allylic oxidation sites excluding steroid dienone is 2. The van der Waals surface area contributed by atoms with Crippen LogP contribution in [0.4, 0.5) is 11.4 Å². The van der Waals surface area contributed by atoms with E-state index in [-0.39, 0.29) is 5.75 Å². The quantitative estimate of drug-likeness (QED) is 0.792. The highest BCUT2D eigenvalue weighted by Gasteiger charge is 2.09. The van der Waals surface area contributed by atoms with Gasteiger partial charge in [0.1, 0.15) is 0 Å². The van der Waals surface area contributed by atoms with Gasteiger partial charge in [-0.1, -0.05) is 12.2 Å². The number of nitrogens with one attached hydrogen (secondary N) is 2. The highest BCUT2D eigenvalue weighted by Crippen LogP contribution is 2.20. The number of benzene rings is 1. The molecule has 0 aromatic heterocycles. The van der Waals surface area contributed by atoms with Crippen molar-refractivity contribution in [1.82, 2.24) is 0 Å². The van der Waals surface area contributed by atoms with Crippen LogP contribution in [0.15, 0.2) is 36.4 Å². The predicted octanol–water partition coefficient (Wildman–Crippen LogP) is 3.22. The molecule has 0 bridgehead atoms. The molecular formula is C15H22N2O2S. The molecule has 0 spiro atoms. The van der Waals surface area contributed by atoms with E-state index in [9.17, 15) is 8.42 Å². The van der Waals surface area contributed by atoms with Crippen molar-refractivity contribution < 1.29 is 8.42 Å². The fourth-order valence-corrected chi connectivity index (χ4v) is 2.85. The maximum absolute atomic E-state index is 11.5. The number of hydrogen-bond acceptors (Lipinski definition) is 3. The Bertz CT molecular complexity index is 550. The van der Waals surface area contributed by atoms with Crippen LogP contribution in [0.5, 0.6) is 0 Å². The lowest BCUT2D eigenvalue weighted by atomic mass is 9.94. The fraction of sp³-hybridized carbons (Fsp3) is 0.467. The molecule has 2 N–H and O–H groups in total. The number of anilines is 2. The van der Waals surface area contributed by atoms with Crippen LogP contribution < -0.4 is 10.0 Å². The van der Waals surface area contributed by atoms with E-state index in [0.29, 0.717) is 11.6 Å². The van der Waals surface area contributed by atoms with Crippen LogP contribution in [0.25, 0.3) is 0 Å². The zero-order valence-electron chi connectivity index (χ0n) is 11.8. The van der Waals surface area contributed by atoms with Crippen LogP contribution in [0.3, 0.4) is 0 Å². The van der Waals surface area contributed by atoms with E-state index in [4.69, 9.17) is 0 Å². The molecule has 0 aliphatic heterocycles. The van der Waals surface area contributed by atoms with Gasteiger partial charge in [-0.3, -0.25) is 4.72 Å². The molecule has 0 heterocycles. The molecule has 1 aliphatic rings. The van der Waals surface area contributed by atoms with Crippen molar-refractivity contribution in [2.24, 2.45) is 5.92 Å². The van der Waals surface area contributed by atoms with E-state index in [1.54, 1.807) is 19.1 Å². The molecule has 0 fully saturated rings. The first-order chi connectivity index (χ1) is 9.59. The van der Waals surface area contributed by atoms with E-state index in [1.807, 2.05) is 12.1 Å². The molecule has 0 saturated carbocycles. The standard InChI is InChI=1S/C15H22N2O2S/c1-2-20(18,19)17-15-10-8-14(9-11-15)16-12-13-6-4-3-5-7-13/h3-4,8-11,13,16-17H,2,5-7,12H2,1H3. The molecule has 0 saturated heterocycles. The van der Waals surface area contributed by atoms with Crippen molar-refractivity contribution in [2.75, 3.05) is 22.3 Å². The topological polar surface area (TPSA) is 58.2 Å². The summed E-state index contributed by atoms with van der Waals surface area (Å²) in [5, 5.41) is 3.41. The van der Waals surface area contributed by atoms with Gasteiger partial charge in [0.25, 0.3) is 0 Å². The van der Waals surface area contributed by atoms with Gasteiger partial charge in [-0.2, -0.15) is 0 Å². The third-order valence-corrected chi connectivity index (χ3v) is 4.82. The molecule has 1 aromatic rings. The Morgan fingerprint density at radius 3 is 2.45 bits per heavy atom. The van der Waals surface area contributed by atoms with E-state index < -0.39 is 10.0 Å². The molecule has 2 rings (SSSR count). The molecule has 0 radical (unpaired) electrons. The van der Waals surface area contributed by atoms with E-state index in [0.717, 1.165) is 18.7 Å². The second-order valence-electron chi connectivity index (χ2n) is 5.11. The first-order valence-corrected chi connectivity index (χ1v) is 8.74. The maximum atomic E-state index is 11.5. The first-order valence-electron chi connectivity index (χ1n) is 7.08. The molecule has 110 valence electrons. The van der Waals surface area contributed by atoms with Crippen molar-refractivity contribution in [3.63, 3.8) is 0 Å². The Morgan fingerprint density at radius 1 is 1.15 bits per heavy atom. The van der Waals surface area contributed by atoms with E-state index in [1.165, 1.54) is 12.8 Å². The molecule has 0 amide bonds. The normalized spacial score (nSPS) is 18.8. The third kappa shape index (κ3) is 4.56. The van der Waals surface area contributed by atoms with Crippen LogP contribution in [-0.4, -0.2) is 20.7 Å². The molecule has 1 aliphatic carbocycles. The zero-order valence-corrected chi connectivity index (χ0v) is 12.6. The van der Waals surface area contributed by atoms with Crippen LogP contribution in [-0.2, 0) is 10.0 Å². The fourth-order valence-electron chi connectivity index (χ4n) is 2.21. The maximum Gasteiger partial charge on any atom is 0.232 e. The van der Waals surface area contributed by atoms with Gasteiger partial charge in [-0.05, 0) is 56.4 Å². The average Bonchev–Trinajstić information content (AvgIpc) is 2.47. The van der Waals surface area contributed by atoms with Crippen LogP contribution in [0.1, 0.15) is 26.2 Å². The van der Waals surface area contributed by atoms with Crippen LogP contribution in [0, 0.1) is 5.92 Å². The molecular weight excluding hydrogens is 272 g/mol. The summed E-state index contributed by atoms with van der Waals surface area (Å²) in [4.78, 5) is 0. The Hall–Kier alpha value is -1.49. The zero-order chi connectivity index (χ0) is 14.4. The van der Waals surface area contributed by atoms with E-state index in [2.05, 4.69) is 22.2 Å². The number of sulfonamides is 1. The van der Waals surface area contributed by atoms with Gasteiger partial charge in [0.2, 0.25) is 10.0 Å². The summed E-state index contributed by atoms with van der Waals surface area (Å²) in [6.45, 7) is 2.58. The van der Waals surface area contributed by atoms with Gasteiger partial charge >= 0.3 is 0 Å². The Labute approximate surface area is 121 Å². The molecule has 1 aromatic carbocycles. The Morgan fingerprint density at radius 2 is 1.85 bits per heavy atom. The minimum absolute atomic E-state index is 0.0855. The minimum atomic E-state index is -3.19. The summed E-state index contributed by atoms with van der Waals surface area (Å²) >= 11 is 0. The summed E-state index contributed by atoms with van der Waals surface area (Å²) in [6.07, 6.45) is 8.03. The van der Waals surface area contributed by atoms with Crippen molar-refractivity contribution in [3.8, 4) is 0 Å². The van der Waals surface area contributed by atoms with Gasteiger partial charge in [0, 0.05) is 17.9 Å². The van der Waals surface area contributed by atoms with Crippen molar-refractivity contribution in [3.05, 3.63) is 36.4 Å². The van der Waals surface area contributed by atoms with E-state index >= 15 is 0 Å². The third-order valence-electron chi connectivity index (χ3n) is 3.51. The van der Waals surface area contributed by atoms with Gasteiger partial charge < -0.3 is 5.32 Å². The Kier molecular flexibility index (Phi) is 5.06. The highest BCUT2D eigenvalue weighted by molar-refractivity contribution is 7.92. The summed E-state index contributed by atoms with van der Waals surface area (Å²) in [7, 11) is -3.19. The summed E-state index contributed by atoms with van der Waals surface area (Å²) in [5.41, 5.74) is 1.64. The predicted molar refractivity (Wildman–Crippen MR) is 84.5 cm³/mol. The van der Waals surface area contributed by atoms with Gasteiger partial charge in [-0.15, -0.1) is 0 Å². The van der Waals surface area contributed by atoms with Gasteiger partial charge in [-0.25, -0.2) is 8.42 Å². The lowest BCUT2D eigenvalue weighted by Crippen LogP contribution is -2.16. The molecule has 4 nitrogen and oxygen atoms in total. The largest absolute Gasteiger partial charge is 0.385 e. The average molecular weight is 294 g/mol. The second kappa shape index (κ2) is 6.79. The van der Waals surface area contributed by atoms with Crippen LogP contribution >= 0.6 is 0 Å². The molecule has 1 unspecified atom stereocenters. The first kappa shape index (κ1) is 14.9. The van der Waals surface area contributed by atoms with Crippen molar-refractivity contribution in [2.45, 2.75) is 26.2 Å². The van der Waals surface area contributed by atoms with Gasteiger partial charge in [0.05, 0.1) is 5.75 Å². The minimum Gasteiger partial charge on any atom is -0.385 e. The molecule has 1 atom stereocenters. The summed E-state index contributed by atoms with van der Waals surface area (Å²) in [6, 6.07) is 7.39. The molecule has 20 heavy (non-hydrogen) atoms.